The zero-order chi connectivity index (χ0) is 13.0. The summed E-state index contributed by atoms with van der Waals surface area (Å²) in [5.74, 6) is 2.39. The molecule has 18 heavy (non-hydrogen) atoms. The first-order valence-electron chi connectivity index (χ1n) is 6.32. The molecule has 0 saturated carbocycles. The number of hydrogen-bond acceptors (Lipinski definition) is 6. The van der Waals surface area contributed by atoms with Gasteiger partial charge in [0, 0.05) is 32.7 Å². The Hall–Kier alpha value is -1.56. The Kier molecular flexibility index (Phi) is 4.19. The maximum absolute atomic E-state index is 5.47. The second-order valence-electron chi connectivity index (χ2n) is 4.40. The van der Waals surface area contributed by atoms with E-state index in [2.05, 4.69) is 32.1 Å². The van der Waals surface area contributed by atoms with E-state index in [1.54, 1.807) is 13.4 Å². The molecular weight excluding hydrogens is 230 g/mol. The van der Waals surface area contributed by atoms with Crippen molar-refractivity contribution >= 4 is 11.6 Å². The van der Waals surface area contributed by atoms with Crippen molar-refractivity contribution < 1.29 is 4.74 Å². The van der Waals surface area contributed by atoms with E-state index in [1.807, 2.05) is 6.92 Å². The maximum Gasteiger partial charge on any atom is 0.204 e. The summed E-state index contributed by atoms with van der Waals surface area (Å²) in [6.07, 6.45) is 1.59. The molecule has 1 N–H and O–H groups in total. The van der Waals surface area contributed by atoms with E-state index in [-0.39, 0.29) is 0 Å². The van der Waals surface area contributed by atoms with Gasteiger partial charge >= 0.3 is 0 Å². The molecule has 0 bridgehead atoms. The fraction of sp³-hybridized carbons (Fsp3) is 0.667. The molecule has 2 heterocycles. The number of methoxy groups -OCH3 is 1. The summed E-state index contributed by atoms with van der Waals surface area (Å²) in [6, 6.07) is 0. The van der Waals surface area contributed by atoms with Crippen molar-refractivity contribution in [3.05, 3.63) is 6.33 Å². The Morgan fingerprint density at radius 3 is 2.61 bits per heavy atom. The number of rotatable bonds is 4. The summed E-state index contributed by atoms with van der Waals surface area (Å²) in [4.78, 5) is 13.2. The van der Waals surface area contributed by atoms with Crippen LogP contribution in [-0.2, 0) is 0 Å². The molecular formula is C12H21N5O. The summed E-state index contributed by atoms with van der Waals surface area (Å²) < 4.78 is 5.47. The molecule has 1 aromatic heterocycles. The summed E-state index contributed by atoms with van der Waals surface area (Å²) >= 11 is 0. The van der Waals surface area contributed by atoms with Gasteiger partial charge in [-0.15, -0.1) is 0 Å². The molecule has 1 aliphatic rings. The van der Waals surface area contributed by atoms with Crippen molar-refractivity contribution in [3.63, 3.8) is 0 Å². The lowest BCUT2D eigenvalue weighted by molar-refractivity contribution is 0.310. The van der Waals surface area contributed by atoms with E-state index in [4.69, 9.17) is 4.74 Å². The van der Waals surface area contributed by atoms with Gasteiger partial charge in [-0.3, -0.25) is 0 Å². The summed E-state index contributed by atoms with van der Waals surface area (Å²) in [5, 5.41) is 3.20. The van der Waals surface area contributed by atoms with Crippen molar-refractivity contribution in [1.29, 1.82) is 0 Å². The van der Waals surface area contributed by atoms with Crippen LogP contribution >= 0.6 is 0 Å². The van der Waals surface area contributed by atoms with Gasteiger partial charge in [0.1, 0.15) is 6.33 Å². The van der Waals surface area contributed by atoms with Gasteiger partial charge in [0.25, 0.3) is 0 Å². The molecule has 0 spiro atoms. The SMILES string of the molecule is CCNc1ncnc(N2CCN(C)CC2)c1OC. The van der Waals surface area contributed by atoms with E-state index >= 15 is 0 Å². The highest BCUT2D eigenvalue weighted by Gasteiger charge is 2.21. The number of anilines is 2. The lowest BCUT2D eigenvalue weighted by Crippen LogP contribution is -2.45. The summed E-state index contributed by atoms with van der Waals surface area (Å²) in [6.45, 7) is 6.88. The highest BCUT2D eigenvalue weighted by molar-refractivity contribution is 5.64. The summed E-state index contributed by atoms with van der Waals surface area (Å²) in [7, 11) is 3.80. The van der Waals surface area contributed by atoms with Crippen molar-refractivity contribution in [2.45, 2.75) is 6.92 Å². The van der Waals surface area contributed by atoms with E-state index < -0.39 is 0 Å². The average Bonchev–Trinajstić information content (AvgIpc) is 2.40. The molecule has 1 fully saturated rings. The molecule has 6 nitrogen and oxygen atoms in total. The van der Waals surface area contributed by atoms with Crippen LogP contribution in [0.1, 0.15) is 6.92 Å². The van der Waals surface area contributed by atoms with Gasteiger partial charge in [0.2, 0.25) is 5.75 Å². The monoisotopic (exact) mass is 251 g/mol. The van der Waals surface area contributed by atoms with Gasteiger partial charge in [0.05, 0.1) is 7.11 Å². The van der Waals surface area contributed by atoms with E-state index in [0.717, 1.165) is 50.1 Å². The van der Waals surface area contributed by atoms with Crippen LogP contribution in [-0.4, -0.2) is 61.7 Å². The van der Waals surface area contributed by atoms with Crippen LogP contribution in [0.5, 0.6) is 5.75 Å². The van der Waals surface area contributed by atoms with Crippen LogP contribution in [0.4, 0.5) is 11.6 Å². The Morgan fingerprint density at radius 1 is 1.28 bits per heavy atom. The van der Waals surface area contributed by atoms with Gasteiger partial charge in [-0.05, 0) is 14.0 Å². The number of nitrogens with zero attached hydrogens (tertiary/aromatic N) is 4. The number of ether oxygens (including phenoxy) is 1. The second-order valence-corrected chi connectivity index (χ2v) is 4.40. The molecule has 0 unspecified atom stereocenters. The molecule has 1 aromatic rings. The molecule has 1 aliphatic heterocycles. The van der Waals surface area contributed by atoms with Gasteiger partial charge in [0.15, 0.2) is 11.6 Å². The molecule has 0 aliphatic carbocycles. The molecule has 0 aromatic carbocycles. The number of likely N-dealkylation sites (N-methyl/N-ethyl adjacent to an activating group) is 1. The standard InChI is InChI=1S/C12H21N5O/c1-4-13-11-10(18-3)12(15-9-14-11)17-7-5-16(2)6-8-17/h9H,4-8H2,1-3H3,(H,13,14,15). The zero-order valence-electron chi connectivity index (χ0n) is 11.3. The maximum atomic E-state index is 5.47. The summed E-state index contributed by atoms with van der Waals surface area (Å²) in [5.41, 5.74) is 0. The molecule has 0 amide bonds. The van der Waals surface area contributed by atoms with Crippen molar-refractivity contribution in [3.8, 4) is 5.75 Å². The van der Waals surface area contributed by atoms with Gasteiger partial charge < -0.3 is 19.9 Å². The second kappa shape index (κ2) is 5.86. The Bertz CT molecular complexity index is 390. The molecule has 100 valence electrons. The minimum Gasteiger partial charge on any atom is -0.490 e. The van der Waals surface area contributed by atoms with Crippen LogP contribution < -0.4 is 15.0 Å². The van der Waals surface area contributed by atoms with E-state index in [0.29, 0.717) is 0 Å². The van der Waals surface area contributed by atoms with Crippen LogP contribution in [0.2, 0.25) is 0 Å². The Labute approximate surface area is 108 Å². The first kappa shape index (κ1) is 12.9. The Morgan fingerprint density at radius 2 is 2.00 bits per heavy atom. The number of nitrogens with one attached hydrogen (secondary N) is 1. The van der Waals surface area contributed by atoms with Crippen LogP contribution in [0.25, 0.3) is 0 Å². The average molecular weight is 251 g/mol. The lowest BCUT2D eigenvalue weighted by atomic mass is 10.3. The first-order valence-corrected chi connectivity index (χ1v) is 6.32. The Balaban J connectivity index is 2.23. The van der Waals surface area contributed by atoms with Gasteiger partial charge in [-0.25, -0.2) is 9.97 Å². The third-order valence-electron chi connectivity index (χ3n) is 3.14. The lowest BCUT2D eigenvalue weighted by Gasteiger charge is -2.33. The zero-order valence-corrected chi connectivity index (χ0v) is 11.3. The highest BCUT2D eigenvalue weighted by atomic mass is 16.5. The minimum absolute atomic E-state index is 0.740. The normalized spacial score (nSPS) is 16.7. The van der Waals surface area contributed by atoms with E-state index in [9.17, 15) is 0 Å². The number of aromatic nitrogens is 2. The van der Waals surface area contributed by atoms with Crippen molar-refractivity contribution in [2.24, 2.45) is 0 Å². The smallest absolute Gasteiger partial charge is 0.204 e. The minimum atomic E-state index is 0.740. The predicted octanol–water partition coefficient (Wildman–Crippen LogP) is 0.669. The molecule has 0 radical (unpaired) electrons. The molecule has 6 heteroatoms. The molecule has 1 saturated heterocycles. The van der Waals surface area contributed by atoms with Crippen LogP contribution in [0.15, 0.2) is 6.33 Å². The third kappa shape index (κ3) is 2.64. The van der Waals surface area contributed by atoms with Crippen molar-refractivity contribution in [1.82, 2.24) is 14.9 Å². The van der Waals surface area contributed by atoms with Crippen LogP contribution in [0.3, 0.4) is 0 Å². The first-order chi connectivity index (χ1) is 8.76. The third-order valence-corrected chi connectivity index (χ3v) is 3.14. The van der Waals surface area contributed by atoms with Crippen molar-refractivity contribution in [2.75, 3.05) is 57.1 Å². The fourth-order valence-electron chi connectivity index (χ4n) is 2.09. The highest BCUT2D eigenvalue weighted by Crippen LogP contribution is 2.32. The molecule has 0 atom stereocenters. The van der Waals surface area contributed by atoms with Crippen LogP contribution in [0, 0.1) is 0 Å². The quantitative estimate of drug-likeness (QED) is 0.849. The largest absolute Gasteiger partial charge is 0.490 e. The van der Waals surface area contributed by atoms with E-state index in [1.165, 1.54) is 0 Å². The fourth-order valence-corrected chi connectivity index (χ4v) is 2.09. The number of hydrogen-bond donors (Lipinski definition) is 1. The topological polar surface area (TPSA) is 53.5 Å². The molecule has 2 rings (SSSR count). The van der Waals surface area contributed by atoms with Gasteiger partial charge in [-0.2, -0.15) is 0 Å². The van der Waals surface area contributed by atoms with Gasteiger partial charge in [-0.1, -0.05) is 0 Å². The number of piperazine rings is 1. The predicted molar refractivity (Wildman–Crippen MR) is 72.5 cm³/mol.